The van der Waals surface area contributed by atoms with Gasteiger partial charge in [0.1, 0.15) is 5.75 Å². The zero-order valence-corrected chi connectivity index (χ0v) is 11.2. The number of hydrogen-bond acceptors (Lipinski definition) is 4. The van der Waals surface area contributed by atoms with Crippen LogP contribution in [0.25, 0.3) is 10.6 Å². The summed E-state index contributed by atoms with van der Waals surface area (Å²) < 4.78 is 0. The van der Waals surface area contributed by atoms with Gasteiger partial charge in [0, 0.05) is 11.8 Å². The standard InChI is InChI=1S/C14H13N3OS/c1-9-7-10(18)4-5-11(9)15-14-8-12(16-17-14)13-3-2-6-19-13/h2-8,18H,1H3,(H2,15,16,17). The van der Waals surface area contributed by atoms with Crippen molar-refractivity contribution in [2.24, 2.45) is 0 Å². The summed E-state index contributed by atoms with van der Waals surface area (Å²) in [6, 6.07) is 11.2. The first-order chi connectivity index (χ1) is 9.22. The van der Waals surface area contributed by atoms with Crippen LogP contribution in [0.3, 0.4) is 0 Å². The lowest BCUT2D eigenvalue weighted by molar-refractivity contribution is 0.475. The Kier molecular flexibility index (Phi) is 2.97. The van der Waals surface area contributed by atoms with Gasteiger partial charge in [0.25, 0.3) is 0 Å². The number of thiophene rings is 1. The third kappa shape index (κ3) is 2.46. The van der Waals surface area contributed by atoms with E-state index in [4.69, 9.17) is 0 Å². The Labute approximate surface area is 114 Å². The highest BCUT2D eigenvalue weighted by molar-refractivity contribution is 7.13. The second-order valence-corrected chi connectivity index (χ2v) is 5.22. The van der Waals surface area contributed by atoms with E-state index in [-0.39, 0.29) is 5.75 Å². The summed E-state index contributed by atoms with van der Waals surface area (Å²) in [6.45, 7) is 1.94. The maximum atomic E-state index is 9.38. The van der Waals surface area contributed by atoms with Crippen molar-refractivity contribution < 1.29 is 5.11 Å². The molecule has 3 N–H and O–H groups in total. The van der Waals surface area contributed by atoms with Crippen LogP contribution >= 0.6 is 11.3 Å². The molecule has 2 heterocycles. The topological polar surface area (TPSA) is 60.9 Å². The van der Waals surface area contributed by atoms with Gasteiger partial charge in [0.2, 0.25) is 0 Å². The molecule has 0 unspecified atom stereocenters. The molecule has 0 fully saturated rings. The van der Waals surface area contributed by atoms with Gasteiger partial charge in [-0.25, -0.2) is 0 Å². The van der Waals surface area contributed by atoms with E-state index in [1.807, 2.05) is 36.6 Å². The Hall–Kier alpha value is -2.27. The molecule has 0 saturated heterocycles. The summed E-state index contributed by atoms with van der Waals surface area (Å²) in [4.78, 5) is 1.16. The second kappa shape index (κ2) is 4.78. The molecule has 4 nitrogen and oxygen atoms in total. The monoisotopic (exact) mass is 271 g/mol. The van der Waals surface area contributed by atoms with Crippen LogP contribution in [0.5, 0.6) is 5.75 Å². The molecule has 0 spiro atoms. The number of nitrogens with zero attached hydrogens (tertiary/aromatic N) is 1. The van der Waals surface area contributed by atoms with Crippen LogP contribution in [0.1, 0.15) is 5.56 Å². The molecule has 0 aliphatic rings. The molecular formula is C14H13N3OS. The molecule has 0 radical (unpaired) electrons. The molecule has 19 heavy (non-hydrogen) atoms. The van der Waals surface area contributed by atoms with Gasteiger partial charge in [0.15, 0.2) is 5.82 Å². The highest BCUT2D eigenvalue weighted by Crippen LogP contribution is 2.27. The largest absolute Gasteiger partial charge is 0.508 e. The summed E-state index contributed by atoms with van der Waals surface area (Å²) >= 11 is 1.67. The lowest BCUT2D eigenvalue weighted by atomic mass is 10.2. The normalized spacial score (nSPS) is 10.6. The van der Waals surface area contributed by atoms with Crippen molar-refractivity contribution in [1.82, 2.24) is 10.2 Å². The molecule has 0 atom stereocenters. The lowest BCUT2D eigenvalue weighted by Crippen LogP contribution is -1.92. The molecule has 3 aromatic rings. The van der Waals surface area contributed by atoms with Crippen molar-refractivity contribution >= 4 is 22.8 Å². The van der Waals surface area contributed by atoms with Crippen LogP contribution in [-0.2, 0) is 0 Å². The number of benzene rings is 1. The highest BCUT2D eigenvalue weighted by atomic mass is 32.1. The second-order valence-electron chi connectivity index (χ2n) is 4.27. The summed E-state index contributed by atoms with van der Waals surface area (Å²) in [7, 11) is 0. The summed E-state index contributed by atoms with van der Waals surface area (Å²) in [5.41, 5.74) is 2.90. The number of nitrogens with one attached hydrogen (secondary N) is 2. The fourth-order valence-corrected chi connectivity index (χ4v) is 2.56. The summed E-state index contributed by atoms with van der Waals surface area (Å²) in [5.74, 6) is 1.03. The molecule has 0 amide bonds. The third-order valence-corrected chi connectivity index (χ3v) is 3.74. The molecule has 0 saturated carbocycles. The summed E-state index contributed by atoms with van der Waals surface area (Å²) in [6.07, 6.45) is 0. The first-order valence-corrected chi connectivity index (χ1v) is 6.76. The number of aromatic amines is 1. The molecule has 3 rings (SSSR count). The fraction of sp³-hybridized carbons (Fsp3) is 0.0714. The molecule has 0 aliphatic heterocycles. The fourth-order valence-electron chi connectivity index (χ4n) is 1.87. The number of H-pyrrole nitrogens is 1. The van der Waals surface area contributed by atoms with Gasteiger partial charge < -0.3 is 10.4 Å². The number of aromatic hydroxyl groups is 1. The Morgan fingerprint density at radius 2 is 2.16 bits per heavy atom. The Bertz CT molecular complexity index is 689. The average Bonchev–Trinajstić information content (AvgIpc) is 3.03. The van der Waals surface area contributed by atoms with E-state index in [1.54, 1.807) is 23.5 Å². The third-order valence-electron chi connectivity index (χ3n) is 2.84. The number of phenols is 1. The number of rotatable bonds is 3. The Balaban J connectivity index is 1.84. The van der Waals surface area contributed by atoms with E-state index >= 15 is 0 Å². The van der Waals surface area contributed by atoms with Gasteiger partial charge in [0.05, 0.1) is 10.6 Å². The van der Waals surface area contributed by atoms with Gasteiger partial charge >= 0.3 is 0 Å². The first kappa shape index (κ1) is 11.8. The number of phenolic OH excluding ortho intramolecular Hbond substituents is 1. The predicted molar refractivity (Wildman–Crippen MR) is 78.0 cm³/mol. The molecule has 0 bridgehead atoms. The van der Waals surface area contributed by atoms with E-state index in [1.165, 1.54) is 0 Å². The minimum Gasteiger partial charge on any atom is -0.508 e. The Morgan fingerprint density at radius 1 is 1.26 bits per heavy atom. The van der Waals surface area contributed by atoms with E-state index in [2.05, 4.69) is 15.5 Å². The summed E-state index contributed by atoms with van der Waals surface area (Å²) in [5, 5.41) is 21.9. The van der Waals surface area contributed by atoms with Crippen molar-refractivity contribution in [1.29, 1.82) is 0 Å². The predicted octanol–water partition coefficient (Wildman–Crippen LogP) is 3.90. The lowest BCUT2D eigenvalue weighted by Gasteiger charge is -2.06. The first-order valence-electron chi connectivity index (χ1n) is 5.88. The number of anilines is 2. The minimum absolute atomic E-state index is 0.268. The zero-order valence-electron chi connectivity index (χ0n) is 10.3. The minimum atomic E-state index is 0.268. The number of aryl methyl sites for hydroxylation is 1. The molecule has 0 aliphatic carbocycles. The molecule has 5 heteroatoms. The average molecular weight is 271 g/mol. The number of aromatic nitrogens is 2. The highest BCUT2D eigenvalue weighted by Gasteiger charge is 2.06. The molecule has 1 aromatic carbocycles. The SMILES string of the molecule is Cc1cc(O)ccc1Nc1cc(-c2cccs2)[nH]n1. The van der Waals surface area contributed by atoms with Crippen LogP contribution in [0.2, 0.25) is 0 Å². The van der Waals surface area contributed by atoms with E-state index < -0.39 is 0 Å². The van der Waals surface area contributed by atoms with Crippen molar-refractivity contribution in [3.63, 3.8) is 0 Å². The molecular weight excluding hydrogens is 258 g/mol. The van der Waals surface area contributed by atoms with Crippen LogP contribution in [0, 0.1) is 6.92 Å². The van der Waals surface area contributed by atoms with Crippen molar-refractivity contribution in [2.45, 2.75) is 6.92 Å². The Morgan fingerprint density at radius 3 is 2.89 bits per heavy atom. The maximum absolute atomic E-state index is 9.38. The van der Waals surface area contributed by atoms with Crippen LogP contribution in [0.4, 0.5) is 11.5 Å². The van der Waals surface area contributed by atoms with Gasteiger partial charge in [-0.15, -0.1) is 11.3 Å². The van der Waals surface area contributed by atoms with E-state index in [0.717, 1.165) is 27.6 Å². The van der Waals surface area contributed by atoms with Crippen molar-refractivity contribution in [3.8, 4) is 16.3 Å². The van der Waals surface area contributed by atoms with Gasteiger partial charge in [-0.2, -0.15) is 5.10 Å². The maximum Gasteiger partial charge on any atom is 0.152 e. The van der Waals surface area contributed by atoms with E-state index in [0.29, 0.717) is 0 Å². The zero-order chi connectivity index (χ0) is 13.2. The number of hydrogen-bond donors (Lipinski definition) is 3. The smallest absolute Gasteiger partial charge is 0.152 e. The van der Waals surface area contributed by atoms with Crippen LogP contribution in [-0.4, -0.2) is 15.3 Å². The van der Waals surface area contributed by atoms with Gasteiger partial charge in [-0.3, -0.25) is 5.10 Å². The van der Waals surface area contributed by atoms with Crippen molar-refractivity contribution in [2.75, 3.05) is 5.32 Å². The molecule has 96 valence electrons. The van der Waals surface area contributed by atoms with Crippen LogP contribution < -0.4 is 5.32 Å². The van der Waals surface area contributed by atoms with Crippen LogP contribution in [0.15, 0.2) is 41.8 Å². The van der Waals surface area contributed by atoms with Crippen molar-refractivity contribution in [3.05, 3.63) is 47.3 Å². The quantitative estimate of drug-likeness (QED) is 0.633. The van der Waals surface area contributed by atoms with Gasteiger partial charge in [-0.05, 0) is 42.1 Å². The van der Waals surface area contributed by atoms with E-state index in [9.17, 15) is 5.11 Å². The molecule has 2 aromatic heterocycles. The van der Waals surface area contributed by atoms with Gasteiger partial charge in [-0.1, -0.05) is 6.07 Å².